The minimum atomic E-state index is -0.0169. The van der Waals surface area contributed by atoms with Gasteiger partial charge in [-0.3, -0.25) is 4.79 Å². The predicted molar refractivity (Wildman–Crippen MR) is 211 cm³/mol. The number of rotatable bonds is 6. The molecule has 0 amide bonds. The predicted octanol–water partition coefficient (Wildman–Crippen LogP) is 9.26. The normalized spacial score (nSPS) is 10.6. The van der Waals surface area contributed by atoms with Gasteiger partial charge in [0.2, 0.25) is 0 Å². The van der Waals surface area contributed by atoms with Crippen LogP contribution in [0.5, 0.6) is 5.75 Å². The third-order valence-corrected chi connectivity index (χ3v) is 9.81. The molecule has 0 saturated carbocycles. The van der Waals surface area contributed by atoms with Crippen LogP contribution in [0.15, 0.2) is 114 Å². The van der Waals surface area contributed by atoms with Gasteiger partial charge in [0.05, 0.1) is 22.8 Å². The van der Waals surface area contributed by atoms with Gasteiger partial charge in [-0.2, -0.15) is 10.2 Å². The molecule has 8 aromatic rings. The standard InChI is InChI=1S/C15H14O2.C13H13N5.C13H11N3S2/c1-10-8-13(9-11(2)14(10)16)15(17)12-6-4-3-5-7-12;1-10-6-8-17(15-10)12-4-3-5-13(14-12)18-9-7-11(2)16-18;1-8-6-17-12(14-8)10-4-3-5-11(16-10)13-15-9(2)7-18-13/h3-9,16H,1-2H3;3-9H,1-2H3;3-7H,1-2H3. The number of phenols is 1. The minimum Gasteiger partial charge on any atom is -0.507 e. The van der Waals surface area contributed by atoms with Crippen LogP contribution < -0.4 is 0 Å². The maximum absolute atomic E-state index is 12.2. The quantitative estimate of drug-likeness (QED) is 0.168. The molecule has 0 saturated heterocycles. The van der Waals surface area contributed by atoms with Gasteiger partial charge in [0.25, 0.3) is 0 Å². The van der Waals surface area contributed by atoms with Crippen molar-refractivity contribution in [2.75, 3.05) is 0 Å². The Morgan fingerprint density at radius 3 is 1.47 bits per heavy atom. The second kappa shape index (κ2) is 16.5. The third kappa shape index (κ3) is 9.23. The second-order valence-electron chi connectivity index (χ2n) is 12.3. The van der Waals surface area contributed by atoms with Gasteiger partial charge in [-0.25, -0.2) is 29.3 Å². The molecule has 6 aromatic heterocycles. The van der Waals surface area contributed by atoms with Gasteiger partial charge in [-0.1, -0.05) is 42.5 Å². The highest BCUT2D eigenvalue weighted by atomic mass is 32.1. The number of carbonyl (C=O) groups is 1. The van der Waals surface area contributed by atoms with Crippen LogP contribution in [0.25, 0.3) is 33.0 Å². The molecule has 53 heavy (non-hydrogen) atoms. The highest BCUT2D eigenvalue weighted by molar-refractivity contribution is 7.13. The molecule has 0 aliphatic heterocycles. The van der Waals surface area contributed by atoms with Crippen LogP contribution >= 0.6 is 22.7 Å². The Bertz CT molecular complexity index is 2220. The number of ketones is 1. The van der Waals surface area contributed by atoms with Crippen molar-refractivity contribution in [1.29, 1.82) is 0 Å². The van der Waals surface area contributed by atoms with Crippen LogP contribution in [0, 0.1) is 41.5 Å². The average molecular weight is 739 g/mol. The zero-order chi connectivity index (χ0) is 37.5. The van der Waals surface area contributed by atoms with E-state index in [4.69, 9.17) is 0 Å². The van der Waals surface area contributed by atoms with Gasteiger partial charge in [0.15, 0.2) is 17.4 Å². The van der Waals surface area contributed by atoms with E-state index in [0.717, 1.165) is 66.9 Å². The maximum Gasteiger partial charge on any atom is 0.193 e. The number of nitrogens with zero attached hydrogens (tertiary/aromatic N) is 8. The van der Waals surface area contributed by atoms with Crippen LogP contribution in [0.1, 0.15) is 49.8 Å². The molecule has 8 rings (SSSR count). The fourth-order valence-electron chi connectivity index (χ4n) is 5.21. The summed E-state index contributed by atoms with van der Waals surface area (Å²) in [4.78, 5) is 30.3. The first-order valence-electron chi connectivity index (χ1n) is 16.8. The number of aryl methyl sites for hydroxylation is 6. The molecule has 266 valence electrons. The monoisotopic (exact) mass is 738 g/mol. The van der Waals surface area contributed by atoms with Gasteiger partial charge in [-0.05, 0) is 101 Å². The van der Waals surface area contributed by atoms with E-state index < -0.39 is 0 Å². The lowest BCUT2D eigenvalue weighted by Gasteiger charge is -2.07. The SMILES string of the molecule is Cc1cc(C(=O)c2ccccc2)cc(C)c1O.Cc1ccn(-c2cccc(-n3ccc(C)n3)n2)n1.Cc1csc(-c2cccc(-c3nc(C)cs3)n2)n1. The van der Waals surface area contributed by atoms with Gasteiger partial charge in [0.1, 0.15) is 15.8 Å². The van der Waals surface area contributed by atoms with Crippen molar-refractivity contribution >= 4 is 28.5 Å². The number of thiazole rings is 2. The van der Waals surface area contributed by atoms with Crippen LogP contribution in [0.4, 0.5) is 0 Å². The second-order valence-corrected chi connectivity index (χ2v) is 14.0. The van der Waals surface area contributed by atoms with Crippen molar-refractivity contribution < 1.29 is 9.90 Å². The Labute approximate surface area is 316 Å². The van der Waals surface area contributed by atoms with Crippen molar-refractivity contribution in [2.24, 2.45) is 0 Å². The Morgan fingerprint density at radius 1 is 0.547 bits per heavy atom. The molecule has 0 atom stereocenters. The molecule has 0 fully saturated rings. The molecule has 6 heterocycles. The van der Waals surface area contributed by atoms with E-state index in [1.54, 1.807) is 70.2 Å². The summed E-state index contributed by atoms with van der Waals surface area (Å²) in [5, 5.41) is 24.4. The summed E-state index contributed by atoms with van der Waals surface area (Å²) in [6.07, 6.45) is 3.80. The first-order valence-corrected chi connectivity index (χ1v) is 18.5. The number of benzene rings is 2. The van der Waals surface area contributed by atoms with Crippen LogP contribution in [0.2, 0.25) is 0 Å². The summed E-state index contributed by atoms with van der Waals surface area (Å²) in [6, 6.07) is 28.3. The lowest BCUT2D eigenvalue weighted by molar-refractivity contribution is 0.103. The van der Waals surface area contributed by atoms with Gasteiger partial charge in [0, 0.05) is 45.7 Å². The molecule has 1 N–H and O–H groups in total. The molecule has 0 radical (unpaired) electrons. The fourth-order valence-corrected chi connectivity index (χ4v) is 6.74. The first-order chi connectivity index (χ1) is 25.5. The lowest BCUT2D eigenvalue weighted by atomic mass is 9.99. The molecule has 10 nitrogen and oxygen atoms in total. The van der Waals surface area contributed by atoms with E-state index in [9.17, 15) is 9.90 Å². The smallest absolute Gasteiger partial charge is 0.193 e. The van der Waals surface area contributed by atoms with Crippen molar-refractivity contribution in [3.8, 4) is 38.8 Å². The molecule has 0 aliphatic rings. The number of aromatic hydroxyl groups is 1. The number of carbonyl (C=O) groups excluding carboxylic acids is 1. The van der Waals surface area contributed by atoms with Crippen LogP contribution in [-0.2, 0) is 0 Å². The fraction of sp³-hybridized carbons (Fsp3) is 0.146. The number of hydrogen-bond acceptors (Lipinski definition) is 10. The first kappa shape index (κ1) is 36.7. The molecule has 0 spiro atoms. The summed E-state index contributed by atoms with van der Waals surface area (Å²) < 4.78 is 3.52. The zero-order valence-electron chi connectivity index (χ0n) is 30.2. The van der Waals surface area contributed by atoms with E-state index in [-0.39, 0.29) is 11.5 Å². The van der Waals surface area contributed by atoms with Gasteiger partial charge >= 0.3 is 0 Å². The molecular formula is C41H38N8O2S2. The molecule has 0 unspecified atom stereocenters. The Balaban J connectivity index is 0.000000136. The summed E-state index contributed by atoms with van der Waals surface area (Å²) >= 11 is 3.24. The molecular weight excluding hydrogens is 701 g/mol. The Hall–Kier alpha value is -6.11. The van der Waals surface area contributed by atoms with E-state index in [1.165, 1.54) is 0 Å². The molecule has 2 aromatic carbocycles. The Morgan fingerprint density at radius 2 is 1.04 bits per heavy atom. The van der Waals surface area contributed by atoms with E-state index in [0.29, 0.717) is 11.1 Å². The topological polar surface area (TPSA) is 124 Å². The lowest BCUT2D eigenvalue weighted by Crippen LogP contribution is -2.04. The maximum atomic E-state index is 12.2. The van der Waals surface area contributed by atoms with Crippen molar-refractivity contribution in [1.82, 2.24) is 39.5 Å². The summed E-state index contributed by atoms with van der Waals surface area (Å²) in [5.41, 5.74) is 8.57. The number of phenolic OH excluding ortho intramolecular Hbond substituents is 1. The zero-order valence-corrected chi connectivity index (χ0v) is 31.9. The van der Waals surface area contributed by atoms with Gasteiger partial charge < -0.3 is 5.11 Å². The highest BCUT2D eigenvalue weighted by Crippen LogP contribution is 2.27. The molecule has 12 heteroatoms. The Kier molecular flexibility index (Phi) is 11.4. The van der Waals surface area contributed by atoms with Crippen molar-refractivity contribution in [2.45, 2.75) is 41.5 Å². The number of aromatic nitrogens is 8. The number of pyridine rings is 2. The third-order valence-electron chi connectivity index (χ3n) is 7.85. The minimum absolute atomic E-state index is 0.0169. The number of hydrogen-bond donors (Lipinski definition) is 1. The molecule has 0 bridgehead atoms. The molecule has 0 aliphatic carbocycles. The summed E-state index contributed by atoms with van der Waals surface area (Å²) in [7, 11) is 0. The van der Waals surface area contributed by atoms with Crippen molar-refractivity contribution in [3.63, 3.8) is 0 Å². The largest absolute Gasteiger partial charge is 0.507 e. The van der Waals surface area contributed by atoms with E-state index >= 15 is 0 Å². The van der Waals surface area contributed by atoms with Gasteiger partial charge in [-0.15, -0.1) is 22.7 Å². The van der Waals surface area contributed by atoms with E-state index in [1.807, 2.05) is 118 Å². The van der Waals surface area contributed by atoms with Crippen molar-refractivity contribution in [3.05, 3.63) is 159 Å². The van der Waals surface area contributed by atoms with Crippen LogP contribution in [-0.4, -0.2) is 50.4 Å². The van der Waals surface area contributed by atoms with E-state index in [2.05, 4.69) is 30.1 Å². The average Bonchev–Trinajstić information content (AvgIpc) is 4.00. The van der Waals surface area contributed by atoms with Crippen LogP contribution in [0.3, 0.4) is 0 Å². The highest BCUT2D eigenvalue weighted by Gasteiger charge is 2.12. The summed E-state index contributed by atoms with van der Waals surface area (Å²) in [5.74, 6) is 1.81. The summed E-state index contributed by atoms with van der Waals surface area (Å²) in [6.45, 7) is 11.5.